The summed E-state index contributed by atoms with van der Waals surface area (Å²) in [7, 11) is 0. The van der Waals surface area contributed by atoms with Gasteiger partial charge < -0.3 is 16.0 Å². The van der Waals surface area contributed by atoms with E-state index in [1.807, 2.05) is 13.8 Å². The third kappa shape index (κ3) is 3.56. The third-order valence-electron chi connectivity index (χ3n) is 5.98. The average Bonchev–Trinajstić information content (AvgIpc) is 3.17. The van der Waals surface area contributed by atoms with Crippen LogP contribution in [0.25, 0.3) is 10.2 Å². The quantitative estimate of drug-likeness (QED) is 0.636. The average molecular weight is 444 g/mol. The number of amides is 2. The fraction of sp³-hybridized carbons (Fsp3) is 0.429. The maximum absolute atomic E-state index is 12.9. The highest BCUT2D eigenvalue weighted by molar-refractivity contribution is 7.18. The van der Waals surface area contributed by atoms with Crippen LogP contribution in [0.4, 0.5) is 10.8 Å². The fourth-order valence-corrected chi connectivity index (χ4v) is 6.04. The van der Waals surface area contributed by atoms with Gasteiger partial charge in [0.15, 0.2) is 0 Å². The van der Waals surface area contributed by atoms with Crippen molar-refractivity contribution in [1.29, 1.82) is 0 Å². The van der Waals surface area contributed by atoms with E-state index in [0.29, 0.717) is 10.6 Å². The van der Waals surface area contributed by atoms with E-state index in [2.05, 4.69) is 34.0 Å². The molecule has 0 spiro atoms. The maximum atomic E-state index is 12.9. The normalized spacial score (nSPS) is 15.0. The molecule has 0 aromatic carbocycles. The van der Waals surface area contributed by atoms with E-state index in [-0.39, 0.29) is 11.8 Å². The zero-order valence-electron chi connectivity index (χ0n) is 17.5. The number of aryl methyl sites for hydroxylation is 3. The molecule has 3 aromatic rings. The zero-order valence-corrected chi connectivity index (χ0v) is 19.2. The minimum Gasteiger partial charge on any atom is -0.365 e. The maximum Gasteiger partial charge on any atom is 0.251 e. The number of hydrogen-bond donors (Lipinski definition) is 2. The number of thiophene rings is 2. The summed E-state index contributed by atoms with van der Waals surface area (Å²) in [5.41, 5.74) is 8.02. The summed E-state index contributed by atoms with van der Waals surface area (Å²) in [4.78, 5) is 39.2. The molecule has 1 aliphatic rings. The molecule has 0 atom stereocenters. The van der Waals surface area contributed by atoms with Crippen molar-refractivity contribution < 1.29 is 9.59 Å². The number of carbonyl (C=O) groups is 2. The van der Waals surface area contributed by atoms with Gasteiger partial charge in [-0.1, -0.05) is 0 Å². The van der Waals surface area contributed by atoms with Gasteiger partial charge in [-0.3, -0.25) is 9.59 Å². The number of nitrogens with two attached hydrogens (primary N) is 1. The van der Waals surface area contributed by atoms with Crippen LogP contribution in [0, 0.1) is 33.6 Å². The molecular weight excluding hydrogens is 418 g/mol. The van der Waals surface area contributed by atoms with Gasteiger partial charge in [0.05, 0.1) is 10.9 Å². The van der Waals surface area contributed by atoms with Gasteiger partial charge in [-0.15, -0.1) is 22.7 Å². The summed E-state index contributed by atoms with van der Waals surface area (Å²) in [6.07, 6.45) is 3.09. The molecule has 1 aliphatic heterocycles. The van der Waals surface area contributed by atoms with E-state index in [0.717, 1.165) is 52.4 Å². The number of nitrogens with zero attached hydrogens (tertiary/aromatic N) is 3. The van der Waals surface area contributed by atoms with Gasteiger partial charge >= 0.3 is 0 Å². The van der Waals surface area contributed by atoms with Crippen molar-refractivity contribution in [1.82, 2.24) is 9.97 Å². The Bertz CT molecular complexity index is 1140. The largest absolute Gasteiger partial charge is 0.365 e. The lowest BCUT2D eigenvalue weighted by Crippen LogP contribution is -2.38. The molecule has 4 rings (SSSR count). The molecule has 0 unspecified atom stereocenters. The molecule has 7 nitrogen and oxygen atoms in total. The van der Waals surface area contributed by atoms with Gasteiger partial charge in [0.25, 0.3) is 5.91 Å². The van der Waals surface area contributed by atoms with Crippen LogP contribution in [0.2, 0.25) is 0 Å². The van der Waals surface area contributed by atoms with E-state index in [9.17, 15) is 9.59 Å². The van der Waals surface area contributed by atoms with Crippen molar-refractivity contribution in [3.05, 3.63) is 32.8 Å². The standard InChI is InChI=1S/C21H25N5O2S2/c1-10-12(3)30-21(15(10)17(22)27)25-19(28)14-5-7-26(8-6-14)18-16-11(2)13(4)29-20(16)24-9-23-18/h9,14H,5-8H2,1-4H3,(H2,22,27)(H,25,28). The third-order valence-corrected chi connectivity index (χ3v) is 8.22. The molecule has 9 heteroatoms. The van der Waals surface area contributed by atoms with Crippen molar-refractivity contribution in [2.75, 3.05) is 23.3 Å². The molecular formula is C21H25N5O2S2. The number of aromatic nitrogens is 2. The van der Waals surface area contributed by atoms with Crippen LogP contribution in [0.3, 0.4) is 0 Å². The van der Waals surface area contributed by atoms with Crippen molar-refractivity contribution in [2.45, 2.75) is 40.5 Å². The fourth-order valence-electron chi connectivity index (χ4n) is 3.98. The molecule has 2 amide bonds. The second-order valence-electron chi connectivity index (χ2n) is 7.76. The molecule has 3 aromatic heterocycles. The van der Waals surface area contributed by atoms with Crippen LogP contribution in [0.1, 0.15) is 44.1 Å². The minimum absolute atomic E-state index is 0.0474. The number of hydrogen-bond acceptors (Lipinski definition) is 7. The Hall–Kier alpha value is -2.52. The smallest absolute Gasteiger partial charge is 0.251 e. The molecule has 4 heterocycles. The highest BCUT2D eigenvalue weighted by Gasteiger charge is 2.29. The Balaban J connectivity index is 1.48. The first kappa shape index (κ1) is 20.7. The molecule has 158 valence electrons. The van der Waals surface area contributed by atoms with Crippen molar-refractivity contribution in [3.63, 3.8) is 0 Å². The Morgan fingerprint density at radius 1 is 1.07 bits per heavy atom. The zero-order chi connectivity index (χ0) is 21.6. The van der Waals surface area contributed by atoms with Crippen molar-refractivity contribution in [2.24, 2.45) is 11.7 Å². The predicted octanol–water partition coefficient (Wildman–Crippen LogP) is 3.94. The van der Waals surface area contributed by atoms with Crippen LogP contribution >= 0.6 is 22.7 Å². The first-order valence-electron chi connectivity index (χ1n) is 9.94. The second-order valence-corrected chi connectivity index (χ2v) is 10.2. The first-order valence-corrected chi connectivity index (χ1v) is 11.6. The number of anilines is 2. The van der Waals surface area contributed by atoms with E-state index in [4.69, 9.17) is 5.73 Å². The number of nitrogens with one attached hydrogen (secondary N) is 1. The molecule has 0 radical (unpaired) electrons. The molecule has 0 bridgehead atoms. The van der Waals surface area contributed by atoms with Gasteiger partial charge in [-0.05, 0) is 51.7 Å². The Morgan fingerprint density at radius 3 is 2.40 bits per heavy atom. The second kappa shape index (κ2) is 7.96. The van der Waals surface area contributed by atoms with Crippen LogP contribution in [-0.4, -0.2) is 34.9 Å². The van der Waals surface area contributed by atoms with Crippen LogP contribution < -0.4 is 16.0 Å². The molecule has 0 saturated carbocycles. The van der Waals surface area contributed by atoms with Crippen molar-refractivity contribution in [3.8, 4) is 0 Å². The van der Waals surface area contributed by atoms with E-state index in [1.165, 1.54) is 21.8 Å². The van der Waals surface area contributed by atoms with Gasteiger partial charge in [-0.2, -0.15) is 0 Å². The Kier molecular flexibility index (Phi) is 5.50. The van der Waals surface area contributed by atoms with Gasteiger partial charge in [-0.25, -0.2) is 9.97 Å². The summed E-state index contributed by atoms with van der Waals surface area (Å²) >= 11 is 3.10. The minimum atomic E-state index is -0.504. The SMILES string of the molecule is Cc1sc(NC(=O)C2CCN(c3ncnc4sc(C)c(C)c34)CC2)c(C(N)=O)c1C. The lowest BCUT2D eigenvalue weighted by atomic mass is 9.95. The molecule has 0 aliphatic carbocycles. The predicted molar refractivity (Wildman–Crippen MR) is 123 cm³/mol. The van der Waals surface area contributed by atoms with Gasteiger partial charge in [0.2, 0.25) is 5.91 Å². The van der Waals surface area contributed by atoms with Crippen LogP contribution in [0.5, 0.6) is 0 Å². The lowest BCUT2D eigenvalue weighted by Gasteiger charge is -2.32. The highest BCUT2D eigenvalue weighted by atomic mass is 32.1. The number of fused-ring (bicyclic) bond motifs is 1. The number of carbonyl (C=O) groups excluding carboxylic acids is 2. The summed E-state index contributed by atoms with van der Waals surface area (Å²) in [5.74, 6) is 0.304. The van der Waals surface area contributed by atoms with Gasteiger partial charge in [0, 0.05) is 28.8 Å². The van der Waals surface area contributed by atoms with E-state index < -0.39 is 5.91 Å². The van der Waals surface area contributed by atoms with E-state index in [1.54, 1.807) is 17.7 Å². The molecule has 1 fully saturated rings. The topological polar surface area (TPSA) is 101 Å². The molecule has 1 saturated heterocycles. The Morgan fingerprint density at radius 2 is 1.73 bits per heavy atom. The Labute approximate surface area is 183 Å². The van der Waals surface area contributed by atoms with E-state index >= 15 is 0 Å². The highest BCUT2D eigenvalue weighted by Crippen LogP contribution is 2.36. The summed E-state index contributed by atoms with van der Waals surface area (Å²) in [5, 5.41) is 4.64. The number of primary amides is 1. The van der Waals surface area contributed by atoms with Crippen LogP contribution in [0.15, 0.2) is 6.33 Å². The molecule has 30 heavy (non-hydrogen) atoms. The first-order chi connectivity index (χ1) is 14.3. The summed E-state index contributed by atoms with van der Waals surface area (Å²) in [6.45, 7) is 9.51. The van der Waals surface area contributed by atoms with Crippen LogP contribution in [-0.2, 0) is 4.79 Å². The summed E-state index contributed by atoms with van der Waals surface area (Å²) < 4.78 is 0. The number of rotatable bonds is 4. The monoisotopic (exact) mass is 443 g/mol. The molecule has 3 N–H and O–H groups in total. The lowest BCUT2D eigenvalue weighted by molar-refractivity contribution is -0.120. The van der Waals surface area contributed by atoms with Gasteiger partial charge in [0.1, 0.15) is 22.0 Å². The van der Waals surface area contributed by atoms with Crippen molar-refractivity contribution >= 4 is 55.5 Å². The summed E-state index contributed by atoms with van der Waals surface area (Å²) in [6, 6.07) is 0. The number of piperidine rings is 1.